The topological polar surface area (TPSA) is 26.3 Å². The van der Waals surface area contributed by atoms with Crippen molar-refractivity contribution in [3.8, 4) is 0 Å². The van der Waals surface area contributed by atoms with Crippen molar-refractivity contribution in [3.05, 3.63) is 36.6 Å². The number of hydrogen-bond donors (Lipinski definition) is 0. The smallest absolute Gasteiger partial charge is 0.308 e. The van der Waals surface area contributed by atoms with Crippen LogP contribution >= 0.6 is 0 Å². The van der Waals surface area contributed by atoms with Crippen LogP contribution in [0.2, 0.25) is 0 Å². The third kappa shape index (κ3) is 5.47. The minimum atomic E-state index is -0.302. The van der Waals surface area contributed by atoms with E-state index in [1.54, 1.807) is 18.2 Å². The average Bonchev–Trinajstić information content (AvgIpc) is 2.00. The number of ether oxygens (including phenoxy) is 1. The Kier molecular flexibility index (Phi) is 5.70. The molecular weight excluding hydrogens is 152 g/mol. The van der Waals surface area contributed by atoms with Crippen molar-refractivity contribution in [2.45, 2.75) is 20.3 Å². The summed E-state index contributed by atoms with van der Waals surface area (Å²) in [5, 5.41) is 0. The maximum atomic E-state index is 10.6. The van der Waals surface area contributed by atoms with E-state index in [1.807, 2.05) is 13.0 Å². The Labute approximate surface area is 73.2 Å². The summed E-state index contributed by atoms with van der Waals surface area (Å²) in [4.78, 5) is 10.6. The molecule has 0 aromatic heterocycles. The molecule has 0 aromatic rings. The standard InChI is InChI=1S/C10H14O2/c1-4-6-8-10(7-5-2)12-9(3)11/h4,6-8H,1,5H2,2-3H3/b8-6-,10-7+. The predicted octanol–water partition coefficient (Wildman–Crippen LogP) is 2.59. The molecule has 0 N–H and O–H groups in total. The molecule has 2 heteroatoms. The zero-order valence-electron chi connectivity index (χ0n) is 7.54. The van der Waals surface area contributed by atoms with Crippen molar-refractivity contribution >= 4 is 5.97 Å². The molecule has 0 fully saturated rings. The van der Waals surface area contributed by atoms with E-state index in [0.717, 1.165) is 6.42 Å². The van der Waals surface area contributed by atoms with Gasteiger partial charge >= 0.3 is 5.97 Å². The zero-order valence-corrected chi connectivity index (χ0v) is 7.54. The summed E-state index contributed by atoms with van der Waals surface area (Å²) >= 11 is 0. The highest BCUT2D eigenvalue weighted by Crippen LogP contribution is 2.01. The molecule has 0 unspecified atom stereocenters. The molecule has 0 aliphatic heterocycles. The van der Waals surface area contributed by atoms with Crippen molar-refractivity contribution in [1.29, 1.82) is 0 Å². The van der Waals surface area contributed by atoms with Crippen molar-refractivity contribution < 1.29 is 9.53 Å². The fourth-order valence-corrected chi connectivity index (χ4v) is 0.674. The van der Waals surface area contributed by atoms with E-state index >= 15 is 0 Å². The van der Waals surface area contributed by atoms with Crippen LogP contribution in [-0.4, -0.2) is 5.97 Å². The Hall–Kier alpha value is -1.31. The molecule has 0 saturated heterocycles. The second-order valence-corrected chi connectivity index (χ2v) is 2.20. The highest BCUT2D eigenvalue weighted by Gasteiger charge is 1.95. The van der Waals surface area contributed by atoms with E-state index in [9.17, 15) is 4.79 Å². The molecule has 0 spiro atoms. The van der Waals surface area contributed by atoms with Crippen LogP contribution in [0.1, 0.15) is 20.3 Å². The lowest BCUT2D eigenvalue weighted by Crippen LogP contribution is -1.96. The summed E-state index contributed by atoms with van der Waals surface area (Å²) in [7, 11) is 0. The van der Waals surface area contributed by atoms with Gasteiger partial charge in [-0.2, -0.15) is 0 Å². The predicted molar refractivity (Wildman–Crippen MR) is 49.5 cm³/mol. The molecule has 0 heterocycles. The van der Waals surface area contributed by atoms with E-state index in [0.29, 0.717) is 5.76 Å². The highest BCUT2D eigenvalue weighted by molar-refractivity contribution is 5.67. The van der Waals surface area contributed by atoms with Crippen LogP contribution in [0.4, 0.5) is 0 Å². The van der Waals surface area contributed by atoms with Gasteiger partial charge < -0.3 is 4.74 Å². The summed E-state index contributed by atoms with van der Waals surface area (Å²) in [6, 6.07) is 0. The summed E-state index contributed by atoms with van der Waals surface area (Å²) in [6.45, 7) is 6.88. The van der Waals surface area contributed by atoms with Crippen molar-refractivity contribution in [3.63, 3.8) is 0 Å². The van der Waals surface area contributed by atoms with Crippen LogP contribution in [0.5, 0.6) is 0 Å². The quantitative estimate of drug-likeness (QED) is 0.364. The highest BCUT2D eigenvalue weighted by atomic mass is 16.5. The van der Waals surface area contributed by atoms with E-state index in [4.69, 9.17) is 4.74 Å². The second-order valence-electron chi connectivity index (χ2n) is 2.20. The van der Waals surface area contributed by atoms with Crippen LogP contribution in [0.25, 0.3) is 0 Å². The van der Waals surface area contributed by atoms with Crippen LogP contribution in [-0.2, 0) is 9.53 Å². The number of allylic oxidation sites excluding steroid dienone is 4. The van der Waals surface area contributed by atoms with Crippen LogP contribution in [0.3, 0.4) is 0 Å². The molecule has 0 bridgehead atoms. The Bertz CT molecular complexity index is 212. The van der Waals surface area contributed by atoms with Gasteiger partial charge in [0.15, 0.2) is 0 Å². The van der Waals surface area contributed by atoms with Gasteiger partial charge in [-0.15, -0.1) is 0 Å². The first-order valence-corrected chi connectivity index (χ1v) is 3.88. The number of hydrogen-bond acceptors (Lipinski definition) is 2. The maximum absolute atomic E-state index is 10.6. The molecule has 0 saturated carbocycles. The lowest BCUT2D eigenvalue weighted by Gasteiger charge is -1.99. The summed E-state index contributed by atoms with van der Waals surface area (Å²) < 4.78 is 4.88. The van der Waals surface area contributed by atoms with E-state index in [2.05, 4.69) is 6.58 Å². The summed E-state index contributed by atoms with van der Waals surface area (Å²) in [6.07, 6.45) is 7.74. The van der Waals surface area contributed by atoms with Gasteiger partial charge in [0.25, 0.3) is 0 Å². The van der Waals surface area contributed by atoms with Crippen molar-refractivity contribution in [2.75, 3.05) is 0 Å². The molecule has 0 aliphatic rings. The van der Waals surface area contributed by atoms with Gasteiger partial charge in [0.2, 0.25) is 0 Å². The Morgan fingerprint density at radius 3 is 2.67 bits per heavy atom. The van der Waals surface area contributed by atoms with E-state index < -0.39 is 0 Å². The maximum Gasteiger partial charge on any atom is 0.308 e. The molecule has 2 nitrogen and oxygen atoms in total. The fraction of sp³-hybridized carbons (Fsp3) is 0.300. The van der Waals surface area contributed by atoms with Gasteiger partial charge in [-0.1, -0.05) is 25.7 Å². The molecule has 0 aliphatic carbocycles. The first-order valence-electron chi connectivity index (χ1n) is 3.88. The first-order chi connectivity index (χ1) is 5.70. The Balaban J connectivity index is 4.23. The van der Waals surface area contributed by atoms with Crippen LogP contribution in [0.15, 0.2) is 36.6 Å². The van der Waals surface area contributed by atoms with Crippen LogP contribution < -0.4 is 0 Å². The van der Waals surface area contributed by atoms with Crippen molar-refractivity contribution in [1.82, 2.24) is 0 Å². The Morgan fingerprint density at radius 1 is 1.58 bits per heavy atom. The number of rotatable bonds is 4. The van der Waals surface area contributed by atoms with Crippen molar-refractivity contribution in [2.24, 2.45) is 0 Å². The lowest BCUT2D eigenvalue weighted by atomic mass is 10.3. The van der Waals surface area contributed by atoms with Gasteiger partial charge in [0.05, 0.1) is 0 Å². The molecule has 66 valence electrons. The van der Waals surface area contributed by atoms with E-state index in [1.165, 1.54) is 6.92 Å². The first kappa shape index (κ1) is 10.7. The molecule has 0 amide bonds. The fourth-order valence-electron chi connectivity index (χ4n) is 0.674. The molecular formula is C10H14O2. The number of esters is 1. The number of carbonyl (C=O) groups excluding carboxylic acids is 1. The SMILES string of the molecule is C=C/C=C\C(=C/CC)OC(C)=O. The lowest BCUT2D eigenvalue weighted by molar-refractivity contribution is -0.136. The third-order valence-corrected chi connectivity index (χ3v) is 1.06. The second kappa shape index (κ2) is 6.40. The normalized spacial score (nSPS) is 11.7. The van der Waals surface area contributed by atoms with Gasteiger partial charge in [-0.05, 0) is 18.6 Å². The largest absolute Gasteiger partial charge is 0.427 e. The van der Waals surface area contributed by atoms with Crippen LogP contribution in [0, 0.1) is 0 Å². The molecule has 0 radical (unpaired) electrons. The average molecular weight is 166 g/mol. The molecule has 12 heavy (non-hydrogen) atoms. The van der Waals surface area contributed by atoms with Gasteiger partial charge in [-0.25, -0.2) is 0 Å². The summed E-state index contributed by atoms with van der Waals surface area (Å²) in [5.41, 5.74) is 0. The minimum absolute atomic E-state index is 0.302. The molecule has 0 atom stereocenters. The van der Waals surface area contributed by atoms with Gasteiger partial charge in [0, 0.05) is 6.92 Å². The zero-order chi connectivity index (χ0) is 9.40. The monoisotopic (exact) mass is 166 g/mol. The Morgan fingerprint density at radius 2 is 2.25 bits per heavy atom. The third-order valence-electron chi connectivity index (χ3n) is 1.06. The molecule has 0 aromatic carbocycles. The molecule has 0 rings (SSSR count). The van der Waals surface area contributed by atoms with Gasteiger partial charge in [-0.3, -0.25) is 4.79 Å². The summed E-state index contributed by atoms with van der Waals surface area (Å²) in [5.74, 6) is 0.272. The number of carbonyl (C=O) groups is 1. The minimum Gasteiger partial charge on any atom is -0.427 e. The van der Waals surface area contributed by atoms with E-state index in [-0.39, 0.29) is 5.97 Å². The van der Waals surface area contributed by atoms with Gasteiger partial charge in [0.1, 0.15) is 5.76 Å².